The first-order chi connectivity index (χ1) is 10.8. The van der Waals surface area contributed by atoms with E-state index in [1.165, 1.54) is 49.7 Å². The molecule has 2 aliphatic heterocycles. The highest BCUT2D eigenvalue weighted by Gasteiger charge is 2.41. The van der Waals surface area contributed by atoms with Crippen molar-refractivity contribution < 1.29 is 0 Å². The molecule has 3 aliphatic rings. The van der Waals surface area contributed by atoms with Crippen molar-refractivity contribution in [3.63, 3.8) is 0 Å². The SMILES string of the molecule is CNC1CCC(CCC2=CC3c4ccccc4C(C)N23)CC1. The number of nitrogens with one attached hydrogen (secondary N) is 1. The van der Waals surface area contributed by atoms with E-state index in [4.69, 9.17) is 0 Å². The molecule has 1 aliphatic carbocycles. The van der Waals surface area contributed by atoms with E-state index in [-0.39, 0.29) is 0 Å². The lowest BCUT2D eigenvalue weighted by atomic mass is 9.82. The smallest absolute Gasteiger partial charge is 0.0752 e. The van der Waals surface area contributed by atoms with Gasteiger partial charge in [0.05, 0.1) is 12.1 Å². The molecule has 2 heterocycles. The molecule has 4 rings (SSSR count). The first-order valence-corrected chi connectivity index (χ1v) is 9.03. The minimum absolute atomic E-state index is 0.571. The number of hydrogen-bond donors (Lipinski definition) is 1. The van der Waals surface area contributed by atoms with E-state index in [1.54, 1.807) is 5.70 Å². The van der Waals surface area contributed by atoms with E-state index in [2.05, 4.69) is 54.5 Å². The normalized spacial score (nSPS) is 33.0. The summed E-state index contributed by atoms with van der Waals surface area (Å²) in [6, 6.07) is 10.9. The summed E-state index contributed by atoms with van der Waals surface area (Å²) in [6.45, 7) is 2.37. The largest absolute Gasteiger partial charge is 0.358 e. The Labute approximate surface area is 134 Å². The molecule has 2 heteroatoms. The van der Waals surface area contributed by atoms with Gasteiger partial charge in [-0.25, -0.2) is 0 Å². The van der Waals surface area contributed by atoms with Gasteiger partial charge in [0.15, 0.2) is 0 Å². The summed E-state index contributed by atoms with van der Waals surface area (Å²) < 4.78 is 0. The molecule has 1 N–H and O–H groups in total. The van der Waals surface area contributed by atoms with E-state index >= 15 is 0 Å². The van der Waals surface area contributed by atoms with Crippen LogP contribution in [0.2, 0.25) is 0 Å². The van der Waals surface area contributed by atoms with Crippen molar-refractivity contribution in [1.82, 2.24) is 10.2 Å². The van der Waals surface area contributed by atoms with Crippen LogP contribution >= 0.6 is 0 Å². The monoisotopic (exact) mass is 296 g/mol. The summed E-state index contributed by atoms with van der Waals surface area (Å²) in [5.41, 5.74) is 4.67. The highest BCUT2D eigenvalue weighted by molar-refractivity contribution is 5.46. The molecule has 1 fully saturated rings. The van der Waals surface area contributed by atoms with E-state index in [0.717, 1.165) is 12.0 Å². The summed E-state index contributed by atoms with van der Waals surface area (Å²) >= 11 is 0. The van der Waals surface area contributed by atoms with Crippen molar-refractivity contribution in [3.05, 3.63) is 47.2 Å². The van der Waals surface area contributed by atoms with Gasteiger partial charge in [-0.15, -0.1) is 0 Å². The van der Waals surface area contributed by atoms with Crippen LogP contribution in [0.3, 0.4) is 0 Å². The molecule has 0 saturated heterocycles. The van der Waals surface area contributed by atoms with E-state index in [1.807, 2.05) is 0 Å². The Hall–Kier alpha value is -1.28. The summed E-state index contributed by atoms with van der Waals surface area (Å²) in [5, 5.41) is 3.44. The highest BCUT2D eigenvalue weighted by atomic mass is 15.3. The minimum atomic E-state index is 0.571. The number of benzene rings is 1. The van der Waals surface area contributed by atoms with E-state index < -0.39 is 0 Å². The van der Waals surface area contributed by atoms with Gasteiger partial charge in [-0.3, -0.25) is 0 Å². The first-order valence-electron chi connectivity index (χ1n) is 9.03. The average Bonchev–Trinajstić information content (AvgIpc) is 2.76. The molecule has 2 unspecified atom stereocenters. The predicted octanol–water partition coefficient (Wildman–Crippen LogP) is 4.56. The van der Waals surface area contributed by atoms with Gasteiger partial charge in [-0.1, -0.05) is 24.3 Å². The first kappa shape index (κ1) is 14.3. The second-order valence-electron chi connectivity index (χ2n) is 7.36. The van der Waals surface area contributed by atoms with Crippen molar-refractivity contribution in [3.8, 4) is 0 Å². The van der Waals surface area contributed by atoms with Crippen LogP contribution in [-0.4, -0.2) is 18.0 Å². The maximum atomic E-state index is 3.44. The van der Waals surface area contributed by atoms with Crippen LogP contribution in [0, 0.1) is 5.92 Å². The standard InChI is InChI=1S/C20H28N2/c1-14-18-5-3-4-6-19(18)20-13-17(22(14)20)12-9-15-7-10-16(21-2)11-8-15/h3-6,13-16,20-21H,7-12H2,1-2H3. The third-order valence-electron chi connectivity index (χ3n) is 6.23. The fourth-order valence-corrected chi connectivity index (χ4v) is 4.79. The van der Waals surface area contributed by atoms with E-state index in [9.17, 15) is 0 Å². The molecule has 0 amide bonds. The molecular weight excluding hydrogens is 268 g/mol. The molecule has 0 aromatic heterocycles. The zero-order valence-electron chi connectivity index (χ0n) is 13.9. The molecule has 2 atom stereocenters. The van der Waals surface area contributed by atoms with Gasteiger partial charge in [0.2, 0.25) is 0 Å². The molecule has 2 nitrogen and oxygen atoms in total. The lowest BCUT2D eigenvalue weighted by Crippen LogP contribution is -2.33. The average molecular weight is 296 g/mol. The fraction of sp³-hybridized carbons (Fsp3) is 0.600. The highest BCUT2D eigenvalue weighted by Crippen LogP contribution is 2.52. The van der Waals surface area contributed by atoms with Crippen LogP contribution in [0.4, 0.5) is 0 Å². The Kier molecular flexibility index (Phi) is 3.73. The van der Waals surface area contributed by atoms with Crippen molar-refractivity contribution in [2.75, 3.05) is 7.05 Å². The summed E-state index contributed by atoms with van der Waals surface area (Å²) in [6.07, 6.45) is 10.7. The Morgan fingerprint density at radius 2 is 1.82 bits per heavy atom. The van der Waals surface area contributed by atoms with Gasteiger partial charge >= 0.3 is 0 Å². The zero-order chi connectivity index (χ0) is 15.1. The summed E-state index contributed by atoms with van der Waals surface area (Å²) in [4.78, 5) is 2.66. The quantitative estimate of drug-likeness (QED) is 0.876. The molecule has 1 aromatic carbocycles. The second kappa shape index (κ2) is 5.73. The topological polar surface area (TPSA) is 15.3 Å². The predicted molar refractivity (Wildman–Crippen MR) is 91.6 cm³/mol. The van der Waals surface area contributed by atoms with Crippen LogP contribution in [0.15, 0.2) is 36.0 Å². The number of nitrogens with zero attached hydrogens (tertiary/aromatic N) is 1. The molecule has 0 radical (unpaired) electrons. The summed E-state index contributed by atoms with van der Waals surface area (Å²) in [7, 11) is 2.11. The zero-order valence-corrected chi connectivity index (χ0v) is 13.9. The minimum Gasteiger partial charge on any atom is -0.358 e. The maximum absolute atomic E-state index is 3.44. The van der Waals surface area contributed by atoms with Crippen LogP contribution in [0.25, 0.3) is 0 Å². The summed E-state index contributed by atoms with van der Waals surface area (Å²) in [5.74, 6) is 0.949. The Balaban J connectivity index is 1.34. The Morgan fingerprint density at radius 1 is 1.09 bits per heavy atom. The molecule has 1 saturated carbocycles. The second-order valence-corrected chi connectivity index (χ2v) is 7.36. The number of rotatable bonds is 4. The van der Waals surface area contributed by atoms with Crippen LogP contribution < -0.4 is 5.32 Å². The Morgan fingerprint density at radius 3 is 2.55 bits per heavy atom. The number of hydrogen-bond acceptors (Lipinski definition) is 2. The van der Waals surface area contributed by atoms with E-state index in [0.29, 0.717) is 12.1 Å². The van der Waals surface area contributed by atoms with Gasteiger partial charge in [-0.05, 0) is 75.6 Å². The maximum Gasteiger partial charge on any atom is 0.0752 e. The third kappa shape index (κ3) is 2.28. The number of fused-ring (bicyclic) bond motifs is 3. The van der Waals surface area contributed by atoms with Crippen molar-refractivity contribution in [2.24, 2.45) is 5.92 Å². The molecular formula is C20H28N2. The molecule has 1 aromatic rings. The fourth-order valence-electron chi connectivity index (χ4n) is 4.79. The molecule has 0 bridgehead atoms. The number of allylic oxidation sites excluding steroid dienone is 1. The molecule has 118 valence electrons. The molecule has 22 heavy (non-hydrogen) atoms. The van der Waals surface area contributed by atoms with Crippen molar-refractivity contribution in [2.45, 2.75) is 63.6 Å². The molecule has 0 spiro atoms. The van der Waals surface area contributed by atoms with Crippen molar-refractivity contribution in [1.29, 1.82) is 0 Å². The third-order valence-corrected chi connectivity index (χ3v) is 6.23. The Bertz CT molecular complexity index is 569. The van der Waals surface area contributed by atoms with Crippen molar-refractivity contribution >= 4 is 0 Å². The van der Waals surface area contributed by atoms with Crippen LogP contribution in [0.1, 0.15) is 68.7 Å². The van der Waals surface area contributed by atoms with Gasteiger partial charge in [0, 0.05) is 11.7 Å². The van der Waals surface area contributed by atoms with Gasteiger partial charge in [0.25, 0.3) is 0 Å². The van der Waals surface area contributed by atoms with Gasteiger partial charge < -0.3 is 10.2 Å². The van der Waals surface area contributed by atoms with Crippen LogP contribution in [-0.2, 0) is 0 Å². The lowest BCUT2D eigenvalue weighted by molar-refractivity contribution is 0.198. The van der Waals surface area contributed by atoms with Gasteiger partial charge in [0.1, 0.15) is 0 Å². The van der Waals surface area contributed by atoms with Gasteiger partial charge in [-0.2, -0.15) is 0 Å². The lowest BCUT2D eigenvalue weighted by Gasteiger charge is -2.41. The van der Waals surface area contributed by atoms with Crippen LogP contribution in [0.5, 0.6) is 0 Å².